The fourth-order valence-corrected chi connectivity index (χ4v) is 1.31. The lowest BCUT2D eigenvalue weighted by atomic mass is 10.1. The number of rotatable bonds is 4. The van der Waals surface area contributed by atoms with Crippen LogP contribution in [-0.4, -0.2) is 10.8 Å². The van der Waals surface area contributed by atoms with E-state index < -0.39 is 10.7 Å². The Morgan fingerprint density at radius 2 is 2.21 bits per heavy atom. The minimum atomic E-state index is -0.591. The third-order valence-electron chi connectivity index (χ3n) is 1.82. The lowest BCUT2D eigenvalue weighted by Gasteiger charge is -2.00. The Bertz CT molecular complexity index is 344. The van der Waals surface area contributed by atoms with E-state index in [1.165, 1.54) is 12.1 Å². The van der Waals surface area contributed by atoms with Crippen LogP contribution in [0.4, 0.5) is 10.1 Å². The molecular formula is C9H9ClFNO2. The molecule has 0 aromatic heterocycles. The number of nitro benzene ring substituents is 1. The lowest BCUT2D eigenvalue weighted by Crippen LogP contribution is -1.97. The molecule has 0 aliphatic carbocycles. The Labute approximate surface area is 85.6 Å². The third-order valence-corrected chi connectivity index (χ3v) is 2.09. The fraction of sp³-hybridized carbons (Fsp3) is 0.333. The first kappa shape index (κ1) is 10.9. The maximum Gasteiger partial charge on any atom is 0.275 e. The maximum absolute atomic E-state index is 12.7. The Balaban J connectivity index is 2.96. The van der Waals surface area contributed by atoms with Crippen LogP contribution in [0, 0.1) is 15.9 Å². The molecular weight excluding hydrogens is 209 g/mol. The largest absolute Gasteiger partial charge is 0.275 e. The smallest absolute Gasteiger partial charge is 0.258 e. The molecule has 76 valence electrons. The first-order valence-electron chi connectivity index (χ1n) is 4.14. The van der Waals surface area contributed by atoms with Gasteiger partial charge < -0.3 is 0 Å². The molecule has 14 heavy (non-hydrogen) atoms. The van der Waals surface area contributed by atoms with E-state index in [4.69, 9.17) is 11.6 Å². The summed E-state index contributed by atoms with van der Waals surface area (Å²) in [6, 6.07) is 3.58. The van der Waals surface area contributed by atoms with Crippen LogP contribution in [0.3, 0.4) is 0 Å². The van der Waals surface area contributed by atoms with Crippen molar-refractivity contribution in [2.24, 2.45) is 0 Å². The SMILES string of the molecule is O=[N+]([O-])c1cc(F)ccc1CCCCl. The highest BCUT2D eigenvalue weighted by Gasteiger charge is 2.13. The second-order valence-electron chi connectivity index (χ2n) is 2.82. The molecule has 3 nitrogen and oxygen atoms in total. The predicted molar refractivity (Wildman–Crippen MR) is 52.1 cm³/mol. The summed E-state index contributed by atoms with van der Waals surface area (Å²) in [5.41, 5.74) is 0.354. The zero-order valence-electron chi connectivity index (χ0n) is 7.37. The van der Waals surface area contributed by atoms with Gasteiger partial charge in [0, 0.05) is 11.4 Å². The van der Waals surface area contributed by atoms with Gasteiger partial charge in [0.15, 0.2) is 0 Å². The van der Waals surface area contributed by atoms with Gasteiger partial charge in [0.25, 0.3) is 5.69 Å². The summed E-state index contributed by atoms with van der Waals surface area (Å²) < 4.78 is 12.7. The van der Waals surface area contributed by atoms with Gasteiger partial charge >= 0.3 is 0 Å². The van der Waals surface area contributed by atoms with Gasteiger partial charge in [-0.05, 0) is 25.0 Å². The van der Waals surface area contributed by atoms with Crippen molar-refractivity contribution in [2.75, 3.05) is 5.88 Å². The summed E-state index contributed by atoms with van der Waals surface area (Å²) in [4.78, 5) is 9.97. The van der Waals surface area contributed by atoms with Crippen LogP contribution in [0.25, 0.3) is 0 Å². The Hall–Kier alpha value is -1.16. The van der Waals surface area contributed by atoms with Gasteiger partial charge in [0.05, 0.1) is 11.0 Å². The van der Waals surface area contributed by atoms with E-state index >= 15 is 0 Å². The van der Waals surface area contributed by atoms with Gasteiger partial charge in [-0.15, -0.1) is 11.6 Å². The molecule has 0 heterocycles. The Kier molecular flexibility index (Phi) is 3.83. The number of nitrogens with zero attached hydrogens (tertiary/aromatic N) is 1. The minimum Gasteiger partial charge on any atom is -0.258 e. The zero-order valence-corrected chi connectivity index (χ0v) is 8.13. The van der Waals surface area contributed by atoms with Gasteiger partial charge in [0.2, 0.25) is 0 Å². The lowest BCUT2D eigenvalue weighted by molar-refractivity contribution is -0.385. The van der Waals surface area contributed by atoms with Crippen molar-refractivity contribution >= 4 is 17.3 Å². The predicted octanol–water partition coefficient (Wildman–Crippen LogP) is 2.91. The molecule has 0 amide bonds. The molecule has 0 aliphatic heterocycles. The molecule has 0 saturated carbocycles. The highest BCUT2D eigenvalue weighted by molar-refractivity contribution is 6.17. The van der Waals surface area contributed by atoms with Crippen molar-refractivity contribution in [3.63, 3.8) is 0 Å². The molecule has 1 rings (SSSR count). The van der Waals surface area contributed by atoms with Crippen molar-refractivity contribution in [1.82, 2.24) is 0 Å². The molecule has 5 heteroatoms. The van der Waals surface area contributed by atoms with Crippen molar-refractivity contribution < 1.29 is 9.31 Å². The number of alkyl halides is 1. The van der Waals surface area contributed by atoms with Crippen LogP contribution in [0.5, 0.6) is 0 Å². The monoisotopic (exact) mass is 217 g/mol. The van der Waals surface area contributed by atoms with Crippen LogP contribution < -0.4 is 0 Å². The molecule has 0 radical (unpaired) electrons. The van der Waals surface area contributed by atoms with Gasteiger partial charge in [-0.1, -0.05) is 0 Å². The number of benzene rings is 1. The van der Waals surface area contributed by atoms with E-state index in [0.29, 0.717) is 24.3 Å². The van der Waals surface area contributed by atoms with E-state index in [9.17, 15) is 14.5 Å². The summed E-state index contributed by atoms with van der Waals surface area (Å²) in [6.07, 6.45) is 1.15. The van der Waals surface area contributed by atoms with E-state index in [0.717, 1.165) is 6.07 Å². The number of halogens is 2. The molecule has 0 fully saturated rings. The average molecular weight is 218 g/mol. The quantitative estimate of drug-likeness (QED) is 0.442. The summed E-state index contributed by atoms with van der Waals surface area (Å²) in [5, 5.41) is 10.5. The van der Waals surface area contributed by atoms with Crippen molar-refractivity contribution in [1.29, 1.82) is 0 Å². The second kappa shape index (κ2) is 4.91. The number of aryl methyl sites for hydroxylation is 1. The summed E-state index contributed by atoms with van der Waals surface area (Å²) >= 11 is 5.47. The van der Waals surface area contributed by atoms with Crippen LogP contribution in [0.2, 0.25) is 0 Å². The molecule has 0 aliphatic rings. The standard InChI is InChI=1S/C9H9ClFNO2/c10-5-1-2-7-3-4-8(11)6-9(7)12(13)14/h3-4,6H,1-2,5H2. The van der Waals surface area contributed by atoms with Crippen molar-refractivity contribution in [3.05, 3.63) is 39.7 Å². The molecule has 0 atom stereocenters. The Morgan fingerprint density at radius 1 is 1.50 bits per heavy atom. The molecule has 0 saturated heterocycles. The first-order chi connectivity index (χ1) is 6.65. The number of nitro groups is 1. The van der Waals surface area contributed by atoms with E-state index in [2.05, 4.69) is 0 Å². The molecule has 0 unspecified atom stereocenters. The topological polar surface area (TPSA) is 43.1 Å². The summed E-state index contributed by atoms with van der Waals surface area (Å²) in [6.45, 7) is 0. The van der Waals surface area contributed by atoms with E-state index in [-0.39, 0.29) is 5.69 Å². The molecule has 0 spiro atoms. The third kappa shape index (κ3) is 2.67. The van der Waals surface area contributed by atoms with Crippen molar-refractivity contribution in [2.45, 2.75) is 12.8 Å². The highest BCUT2D eigenvalue weighted by atomic mass is 35.5. The molecule has 0 N–H and O–H groups in total. The zero-order chi connectivity index (χ0) is 10.6. The van der Waals surface area contributed by atoms with Crippen LogP contribution in [-0.2, 0) is 6.42 Å². The maximum atomic E-state index is 12.7. The van der Waals surface area contributed by atoms with Crippen LogP contribution in [0.1, 0.15) is 12.0 Å². The average Bonchev–Trinajstić information content (AvgIpc) is 2.15. The molecule has 0 bridgehead atoms. The fourth-order valence-electron chi connectivity index (χ4n) is 1.18. The normalized spacial score (nSPS) is 10.1. The van der Waals surface area contributed by atoms with E-state index in [1.807, 2.05) is 0 Å². The van der Waals surface area contributed by atoms with Crippen LogP contribution >= 0.6 is 11.6 Å². The van der Waals surface area contributed by atoms with Gasteiger partial charge in [-0.2, -0.15) is 0 Å². The van der Waals surface area contributed by atoms with E-state index in [1.54, 1.807) is 0 Å². The second-order valence-corrected chi connectivity index (χ2v) is 3.20. The minimum absolute atomic E-state index is 0.171. The van der Waals surface area contributed by atoms with Gasteiger partial charge in [-0.25, -0.2) is 4.39 Å². The van der Waals surface area contributed by atoms with Crippen molar-refractivity contribution in [3.8, 4) is 0 Å². The highest BCUT2D eigenvalue weighted by Crippen LogP contribution is 2.21. The molecule has 1 aromatic carbocycles. The van der Waals surface area contributed by atoms with Gasteiger partial charge in [-0.3, -0.25) is 10.1 Å². The van der Waals surface area contributed by atoms with Gasteiger partial charge in [0.1, 0.15) is 5.82 Å². The Morgan fingerprint density at radius 3 is 2.79 bits per heavy atom. The van der Waals surface area contributed by atoms with Crippen LogP contribution in [0.15, 0.2) is 18.2 Å². The first-order valence-corrected chi connectivity index (χ1v) is 4.67. The summed E-state index contributed by atoms with van der Waals surface area (Å²) in [7, 11) is 0. The number of hydrogen-bond acceptors (Lipinski definition) is 2. The summed E-state index contributed by atoms with van der Waals surface area (Å²) in [5.74, 6) is -0.152. The number of hydrogen-bond donors (Lipinski definition) is 0. The molecule has 1 aromatic rings.